The highest BCUT2D eigenvalue weighted by atomic mass is 32.2. The van der Waals surface area contributed by atoms with E-state index in [-0.39, 0.29) is 36.0 Å². The van der Waals surface area contributed by atoms with Crippen molar-refractivity contribution in [2.45, 2.75) is 23.5 Å². The van der Waals surface area contributed by atoms with Gasteiger partial charge in [-0.25, -0.2) is 18.2 Å². The fourth-order valence-electron chi connectivity index (χ4n) is 5.12. The van der Waals surface area contributed by atoms with Crippen molar-refractivity contribution in [1.82, 2.24) is 4.90 Å². The van der Waals surface area contributed by atoms with Crippen LogP contribution in [-0.2, 0) is 11.0 Å². The van der Waals surface area contributed by atoms with Gasteiger partial charge in [-0.1, -0.05) is 12.1 Å². The number of piperazine rings is 1. The van der Waals surface area contributed by atoms with Gasteiger partial charge >= 0.3 is 12.1 Å². The average molecular weight is 595 g/mol. The minimum Gasteiger partial charge on any atom is -0.481 e. The van der Waals surface area contributed by atoms with Crippen LogP contribution in [-0.4, -0.2) is 54.4 Å². The van der Waals surface area contributed by atoms with Crippen LogP contribution in [0.2, 0.25) is 0 Å². The number of benzene rings is 3. The molecule has 2 aliphatic rings. The highest BCUT2D eigenvalue weighted by Gasteiger charge is 2.40. The van der Waals surface area contributed by atoms with Gasteiger partial charge in [0, 0.05) is 48.4 Å². The van der Waals surface area contributed by atoms with Gasteiger partial charge in [-0.2, -0.15) is 13.2 Å². The molecule has 0 saturated carbocycles. The van der Waals surface area contributed by atoms with E-state index < -0.39 is 47.6 Å². The fraction of sp³-hybridized carbons (Fsp3) is 0.286. The molecule has 0 aromatic heterocycles. The molecular weight excluding hydrogens is 570 g/mol. The molecule has 41 heavy (non-hydrogen) atoms. The van der Waals surface area contributed by atoms with Crippen LogP contribution in [0.5, 0.6) is 0 Å². The summed E-state index contributed by atoms with van der Waals surface area (Å²) in [6.07, 6.45) is -3.51. The van der Waals surface area contributed by atoms with E-state index in [0.717, 1.165) is 24.3 Å². The van der Waals surface area contributed by atoms with E-state index >= 15 is 4.39 Å². The summed E-state index contributed by atoms with van der Waals surface area (Å²) in [6, 6.07) is 9.83. The topological polar surface area (TPSA) is 59.4 Å². The van der Waals surface area contributed by atoms with E-state index in [2.05, 4.69) is 4.99 Å². The Bertz CT molecular complexity index is 1510. The molecule has 1 fully saturated rings. The van der Waals surface area contributed by atoms with Gasteiger partial charge in [-0.3, -0.25) is 4.79 Å². The van der Waals surface area contributed by atoms with Crippen LogP contribution >= 0.6 is 11.8 Å². The molecule has 3 aromatic carbocycles. The molecule has 0 amide bonds. The summed E-state index contributed by atoms with van der Waals surface area (Å²) in [6.45, 7) is 1.10. The van der Waals surface area contributed by atoms with Crippen molar-refractivity contribution in [1.29, 1.82) is 0 Å². The number of fused-ring (bicyclic) bond motifs is 1. The molecule has 0 spiro atoms. The average Bonchev–Trinajstić information content (AvgIpc) is 2.94. The van der Waals surface area contributed by atoms with Crippen molar-refractivity contribution >= 4 is 40.8 Å². The maximum atomic E-state index is 15.1. The zero-order chi connectivity index (χ0) is 29.5. The lowest BCUT2D eigenvalue weighted by Gasteiger charge is -2.45. The normalized spacial score (nSPS) is 17.4. The molecule has 3 aromatic rings. The van der Waals surface area contributed by atoms with E-state index in [1.165, 1.54) is 47.0 Å². The zero-order valence-electron chi connectivity index (χ0n) is 21.6. The van der Waals surface area contributed by atoms with Gasteiger partial charge in [0.25, 0.3) is 0 Å². The third-order valence-electron chi connectivity index (χ3n) is 7.08. The third-order valence-corrected chi connectivity index (χ3v) is 7.87. The number of carboxylic acid groups (broad SMARTS) is 1. The fourth-order valence-corrected chi connectivity index (χ4v) is 5.69. The van der Waals surface area contributed by atoms with Crippen LogP contribution in [0.3, 0.4) is 0 Å². The lowest BCUT2D eigenvalue weighted by molar-refractivity contribution is -0.138. The molecule has 1 unspecified atom stereocenters. The number of thioether (sulfide) groups is 1. The number of nitrogens with zero attached hydrogens (tertiary/aromatic N) is 4. The van der Waals surface area contributed by atoms with Gasteiger partial charge in [-0.15, -0.1) is 11.8 Å². The summed E-state index contributed by atoms with van der Waals surface area (Å²) in [5.74, 6) is -3.78. The lowest BCUT2D eigenvalue weighted by Crippen LogP contribution is -2.55. The minimum atomic E-state index is -4.67. The number of anilines is 2. The quantitative estimate of drug-likeness (QED) is 0.263. The second-order valence-electron chi connectivity index (χ2n) is 9.53. The molecule has 1 N–H and O–H groups in total. The number of carbonyl (C=O) groups is 1. The van der Waals surface area contributed by atoms with Crippen LogP contribution < -0.4 is 9.80 Å². The molecule has 216 valence electrons. The van der Waals surface area contributed by atoms with E-state index in [1.54, 1.807) is 11.2 Å². The molecule has 0 radical (unpaired) electrons. The number of halogens is 6. The molecule has 2 heterocycles. The predicted molar refractivity (Wildman–Crippen MR) is 144 cm³/mol. The van der Waals surface area contributed by atoms with Crippen LogP contribution in [0.15, 0.2) is 64.5 Å². The van der Waals surface area contributed by atoms with Crippen molar-refractivity contribution < 1.29 is 36.2 Å². The molecule has 0 bridgehead atoms. The van der Waals surface area contributed by atoms with Crippen molar-refractivity contribution in [3.05, 3.63) is 83.2 Å². The Morgan fingerprint density at radius 2 is 1.66 bits per heavy atom. The summed E-state index contributed by atoms with van der Waals surface area (Å²) < 4.78 is 83.8. The van der Waals surface area contributed by atoms with Gasteiger partial charge in [0.15, 0.2) is 11.6 Å². The van der Waals surface area contributed by atoms with E-state index in [4.69, 9.17) is 0 Å². The smallest absolute Gasteiger partial charge is 0.416 e. The Kier molecular flexibility index (Phi) is 7.82. The lowest BCUT2D eigenvalue weighted by atomic mass is 9.97. The van der Waals surface area contributed by atoms with Crippen molar-refractivity contribution in [2.24, 2.45) is 4.99 Å². The first-order valence-corrected chi connectivity index (χ1v) is 13.8. The summed E-state index contributed by atoms with van der Waals surface area (Å²) >= 11 is 1.18. The molecular formula is C28H24F6N4O2S. The molecule has 1 atom stereocenters. The Hall–Kier alpha value is -3.87. The molecule has 13 heteroatoms. The molecule has 1 saturated heterocycles. The van der Waals surface area contributed by atoms with Gasteiger partial charge in [0.2, 0.25) is 5.96 Å². The first-order valence-electron chi connectivity index (χ1n) is 12.6. The molecule has 2 aliphatic heterocycles. The van der Waals surface area contributed by atoms with E-state index in [9.17, 15) is 31.9 Å². The molecule has 6 nitrogen and oxygen atoms in total. The minimum absolute atomic E-state index is 0.0780. The molecule has 5 rings (SSSR count). The Morgan fingerprint density at radius 1 is 0.951 bits per heavy atom. The highest BCUT2D eigenvalue weighted by molar-refractivity contribution is 7.98. The van der Waals surface area contributed by atoms with Gasteiger partial charge in [0.1, 0.15) is 11.5 Å². The number of aliphatic imine (C=N–C) groups is 1. The van der Waals surface area contributed by atoms with Crippen LogP contribution in [0, 0.1) is 17.5 Å². The number of aliphatic carboxylic acids is 1. The van der Waals surface area contributed by atoms with Crippen LogP contribution in [0.25, 0.3) is 0 Å². The number of hydrogen-bond acceptors (Lipinski definition) is 6. The maximum Gasteiger partial charge on any atom is 0.416 e. The summed E-state index contributed by atoms with van der Waals surface area (Å²) in [4.78, 5) is 22.0. The number of alkyl halides is 3. The largest absolute Gasteiger partial charge is 0.481 e. The van der Waals surface area contributed by atoms with Crippen molar-refractivity contribution in [3.63, 3.8) is 0 Å². The summed E-state index contributed by atoms with van der Waals surface area (Å²) in [7, 11) is 0. The zero-order valence-corrected chi connectivity index (χ0v) is 22.4. The number of guanidine groups is 1. The second-order valence-corrected chi connectivity index (χ2v) is 10.4. The van der Waals surface area contributed by atoms with E-state index in [0.29, 0.717) is 23.7 Å². The predicted octanol–water partition coefficient (Wildman–Crippen LogP) is 6.69. The van der Waals surface area contributed by atoms with Gasteiger partial charge in [-0.05, 0) is 42.7 Å². The number of carboxylic acids is 1. The Labute approximate surface area is 235 Å². The summed E-state index contributed by atoms with van der Waals surface area (Å²) in [5, 5.41) is 9.81. The Morgan fingerprint density at radius 3 is 2.29 bits per heavy atom. The first kappa shape index (κ1) is 28.7. The van der Waals surface area contributed by atoms with Crippen LogP contribution in [0.4, 0.5) is 43.4 Å². The van der Waals surface area contributed by atoms with Gasteiger partial charge < -0.3 is 19.8 Å². The maximum absolute atomic E-state index is 15.1. The first-order chi connectivity index (χ1) is 19.5. The van der Waals surface area contributed by atoms with Crippen molar-refractivity contribution in [2.75, 3.05) is 42.2 Å². The number of rotatable bonds is 5. The molecule has 0 aliphatic carbocycles. The van der Waals surface area contributed by atoms with E-state index in [1.807, 2.05) is 4.90 Å². The SMILES string of the molecule is CSc1ccc(C(F)(F)F)cc1N1C(N2CCN(c3ccc(F)c(F)c3)CC2)=Nc2c(F)cccc2C1CC(=O)O. The Balaban J connectivity index is 1.61. The number of para-hydroxylation sites is 1. The standard InChI is InChI=1S/C28H24F6N4O2S/c1-41-24-8-5-16(28(32,33)34)13-23(24)38-22(15-25(39)40)18-3-2-4-20(30)26(18)35-27(38)37-11-9-36(10-12-37)17-6-7-19(29)21(31)14-17/h2-8,13-14,22H,9-12,15H2,1H3,(H,39,40). The summed E-state index contributed by atoms with van der Waals surface area (Å²) in [5.41, 5.74) is -0.220. The van der Waals surface area contributed by atoms with Crippen molar-refractivity contribution in [3.8, 4) is 0 Å². The van der Waals surface area contributed by atoms with Gasteiger partial charge in [0.05, 0.1) is 23.7 Å². The monoisotopic (exact) mass is 594 g/mol. The number of hydrogen-bond donors (Lipinski definition) is 1. The van der Waals surface area contributed by atoms with Crippen LogP contribution in [0.1, 0.15) is 23.6 Å². The second kappa shape index (κ2) is 11.2. The third kappa shape index (κ3) is 5.67. The highest BCUT2D eigenvalue weighted by Crippen LogP contribution is 2.45.